The number of anilines is 1. The molecule has 1 atom stereocenters. The highest BCUT2D eigenvalue weighted by atomic mass is 32.1. The Labute approximate surface area is 123 Å². The maximum Gasteiger partial charge on any atom is 0.231 e. The van der Waals surface area contributed by atoms with Gasteiger partial charge in [-0.25, -0.2) is 4.98 Å². The fraction of sp³-hybridized carbons (Fsp3) is 0.643. The zero-order chi connectivity index (χ0) is 14.9. The van der Waals surface area contributed by atoms with Crippen molar-refractivity contribution in [3.05, 3.63) is 11.1 Å². The molecule has 1 aliphatic rings. The second-order valence-corrected chi connectivity index (χ2v) is 6.62. The Morgan fingerprint density at radius 1 is 1.45 bits per heavy atom. The van der Waals surface area contributed by atoms with Crippen LogP contribution in [0.2, 0.25) is 0 Å². The van der Waals surface area contributed by atoms with Gasteiger partial charge in [0.1, 0.15) is 0 Å². The Bertz CT molecular complexity index is 510. The highest BCUT2D eigenvalue weighted by Crippen LogP contribution is 2.24. The summed E-state index contributed by atoms with van der Waals surface area (Å²) in [5.74, 6) is 0.0333. The minimum Gasteiger partial charge on any atom is -0.339 e. The molecule has 2 amide bonds. The molecule has 0 saturated carbocycles. The lowest BCUT2D eigenvalue weighted by atomic mass is 10.1. The predicted molar refractivity (Wildman–Crippen MR) is 79.8 cm³/mol. The van der Waals surface area contributed by atoms with Gasteiger partial charge in [-0.2, -0.15) is 0 Å². The Kier molecular flexibility index (Phi) is 4.42. The average Bonchev–Trinajstić information content (AvgIpc) is 2.95. The van der Waals surface area contributed by atoms with E-state index in [2.05, 4.69) is 24.1 Å². The van der Waals surface area contributed by atoms with Gasteiger partial charge in [0, 0.05) is 24.4 Å². The molecule has 6 heteroatoms. The van der Waals surface area contributed by atoms with Crippen molar-refractivity contribution in [3.63, 3.8) is 0 Å². The lowest BCUT2D eigenvalue weighted by Crippen LogP contribution is -2.33. The number of nitrogens with zero attached hydrogens (tertiary/aromatic N) is 2. The van der Waals surface area contributed by atoms with Gasteiger partial charge in [-0.05, 0) is 19.8 Å². The van der Waals surface area contributed by atoms with Crippen LogP contribution in [0, 0.1) is 5.92 Å². The van der Waals surface area contributed by atoms with E-state index in [1.165, 1.54) is 11.3 Å². The topological polar surface area (TPSA) is 62.3 Å². The van der Waals surface area contributed by atoms with Crippen molar-refractivity contribution in [1.29, 1.82) is 0 Å². The first-order valence-electron chi connectivity index (χ1n) is 6.94. The van der Waals surface area contributed by atoms with E-state index in [4.69, 9.17) is 0 Å². The molecule has 1 fully saturated rings. The van der Waals surface area contributed by atoms with Crippen molar-refractivity contribution in [2.75, 3.05) is 11.9 Å². The molecular weight excluding hydrogens is 274 g/mol. The number of hydrogen-bond acceptors (Lipinski definition) is 4. The van der Waals surface area contributed by atoms with Crippen LogP contribution in [-0.2, 0) is 9.59 Å². The Balaban J connectivity index is 1.97. The van der Waals surface area contributed by atoms with Crippen molar-refractivity contribution in [2.45, 2.75) is 46.1 Å². The van der Waals surface area contributed by atoms with E-state index in [0.29, 0.717) is 24.0 Å². The lowest BCUT2D eigenvalue weighted by molar-refractivity contribution is -0.129. The SMILES string of the molecule is CC(C)c1csc(NC(=O)[C@@H]2CC(=O)N(C(C)C)C2)n1. The van der Waals surface area contributed by atoms with Gasteiger partial charge < -0.3 is 10.2 Å². The summed E-state index contributed by atoms with van der Waals surface area (Å²) in [6, 6.07) is 0.146. The summed E-state index contributed by atoms with van der Waals surface area (Å²) in [7, 11) is 0. The standard InChI is InChI=1S/C14H21N3O2S/c1-8(2)11-7-20-14(15-11)16-13(19)10-5-12(18)17(6-10)9(3)4/h7-10H,5-6H2,1-4H3,(H,15,16,19)/t10-/m1/s1. The number of amides is 2. The zero-order valence-corrected chi connectivity index (χ0v) is 13.2. The van der Waals surface area contributed by atoms with E-state index >= 15 is 0 Å². The maximum atomic E-state index is 12.2. The van der Waals surface area contributed by atoms with Crippen LogP contribution in [0.1, 0.15) is 45.7 Å². The summed E-state index contributed by atoms with van der Waals surface area (Å²) in [6.07, 6.45) is 0.298. The van der Waals surface area contributed by atoms with Gasteiger partial charge >= 0.3 is 0 Å². The van der Waals surface area contributed by atoms with Crippen LogP contribution in [0.3, 0.4) is 0 Å². The molecule has 0 radical (unpaired) electrons. The molecule has 1 aromatic heterocycles. The quantitative estimate of drug-likeness (QED) is 0.928. The van der Waals surface area contributed by atoms with Crippen LogP contribution in [0.15, 0.2) is 5.38 Å². The highest BCUT2D eigenvalue weighted by Gasteiger charge is 2.35. The first-order valence-corrected chi connectivity index (χ1v) is 7.82. The van der Waals surface area contributed by atoms with Crippen molar-refractivity contribution < 1.29 is 9.59 Å². The molecule has 0 unspecified atom stereocenters. The molecule has 0 spiro atoms. The van der Waals surface area contributed by atoms with Crippen molar-refractivity contribution >= 4 is 28.3 Å². The zero-order valence-electron chi connectivity index (χ0n) is 12.3. The molecule has 1 N–H and O–H groups in total. The molecule has 0 aliphatic carbocycles. The van der Waals surface area contributed by atoms with Crippen molar-refractivity contribution in [3.8, 4) is 0 Å². The third-order valence-corrected chi connectivity index (χ3v) is 4.27. The molecule has 2 rings (SSSR count). The number of nitrogens with one attached hydrogen (secondary N) is 1. The van der Waals surface area contributed by atoms with Gasteiger partial charge in [-0.1, -0.05) is 13.8 Å². The van der Waals surface area contributed by atoms with Crippen LogP contribution < -0.4 is 5.32 Å². The number of carbonyl (C=O) groups is 2. The van der Waals surface area contributed by atoms with Gasteiger partial charge in [-0.15, -0.1) is 11.3 Å². The summed E-state index contributed by atoms with van der Waals surface area (Å²) >= 11 is 1.43. The fourth-order valence-corrected chi connectivity index (χ4v) is 3.10. The summed E-state index contributed by atoms with van der Waals surface area (Å²) in [5, 5.41) is 5.41. The summed E-state index contributed by atoms with van der Waals surface area (Å²) in [5.41, 5.74) is 0.983. The molecule has 1 saturated heterocycles. The number of aromatic nitrogens is 1. The van der Waals surface area contributed by atoms with E-state index in [9.17, 15) is 9.59 Å². The molecule has 1 aliphatic heterocycles. The highest BCUT2D eigenvalue weighted by molar-refractivity contribution is 7.13. The third-order valence-electron chi connectivity index (χ3n) is 3.50. The van der Waals surface area contributed by atoms with Crippen LogP contribution >= 0.6 is 11.3 Å². The average molecular weight is 295 g/mol. The summed E-state index contributed by atoms with van der Waals surface area (Å²) in [6.45, 7) is 8.57. The molecular formula is C14H21N3O2S. The van der Waals surface area contributed by atoms with Crippen molar-refractivity contribution in [2.24, 2.45) is 5.92 Å². The Morgan fingerprint density at radius 3 is 2.65 bits per heavy atom. The third kappa shape index (κ3) is 3.17. The molecule has 20 heavy (non-hydrogen) atoms. The second-order valence-electron chi connectivity index (χ2n) is 5.76. The van der Waals surface area contributed by atoms with Gasteiger partial charge in [0.25, 0.3) is 0 Å². The summed E-state index contributed by atoms with van der Waals surface area (Å²) < 4.78 is 0. The van der Waals surface area contributed by atoms with Gasteiger partial charge in [-0.3, -0.25) is 9.59 Å². The van der Waals surface area contributed by atoms with Crippen molar-refractivity contribution in [1.82, 2.24) is 9.88 Å². The van der Waals surface area contributed by atoms with E-state index < -0.39 is 0 Å². The van der Waals surface area contributed by atoms with Crippen LogP contribution in [0.4, 0.5) is 5.13 Å². The maximum absolute atomic E-state index is 12.2. The number of hydrogen-bond donors (Lipinski definition) is 1. The Hall–Kier alpha value is -1.43. The van der Waals surface area contributed by atoms with Gasteiger partial charge in [0.05, 0.1) is 11.6 Å². The Morgan fingerprint density at radius 2 is 2.15 bits per heavy atom. The predicted octanol–water partition coefficient (Wildman–Crippen LogP) is 2.46. The van der Waals surface area contributed by atoms with E-state index in [1.807, 2.05) is 19.2 Å². The molecule has 0 aromatic carbocycles. The van der Waals surface area contributed by atoms with Crippen LogP contribution in [0.5, 0.6) is 0 Å². The molecule has 1 aromatic rings. The number of carbonyl (C=O) groups excluding carboxylic acids is 2. The largest absolute Gasteiger partial charge is 0.339 e. The van der Waals surface area contributed by atoms with Crippen LogP contribution in [-0.4, -0.2) is 34.3 Å². The molecule has 2 heterocycles. The number of likely N-dealkylation sites (tertiary alicyclic amines) is 1. The minimum absolute atomic E-state index is 0.0576. The lowest BCUT2D eigenvalue weighted by Gasteiger charge is -2.20. The van der Waals surface area contributed by atoms with Crippen LogP contribution in [0.25, 0.3) is 0 Å². The van der Waals surface area contributed by atoms with Gasteiger partial charge in [0.2, 0.25) is 11.8 Å². The molecule has 0 bridgehead atoms. The first kappa shape index (κ1) is 15.0. The summed E-state index contributed by atoms with van der Waals surface area (Å²) in [4.78, 5) is 30.1. The second kappa shape index (κ2) is 5.91. The molecule has 5 nitrogen and oxygen atoms in total. The molecule has 110 valence electrons. The smallest absolute Gasteiger partial charge is 0.231 e. The van der Waals surface area contributed by atoms with E-state index in [-0.39, 0.29) is 23.8 Å². The monoisotopic (exact) mass is 295 g/mol. The minimum atomic E-state index is -0.267. The fourth-order valence-electron chi connectivity index (χ4n) is 2.22. The van der Waals surface area contributed by atoms with E-state index in [0.717, 1.165) is 5.69 Å². The van der Waals surface area contributed by atoms with E-state index in [1.54, 1.807) is 4.90 Å². The normalized spacial score (nSPS) is 19.2. The first-order chi connectivity index (χ1) is 9.38. The van der Waals surface area contributed by atoms with Gasteiger partial charge in [0.15, 0.2) is 5.13 Å². The number of thiazole rings is 1. The number of rotatable bonds is 4.